The zero-order chi connectivity index (χ0) is 14.4. The van der Waals surface area contributed by atoms with Crippen molar-refractivity contribution in [1.29, 1.82) is 0 Å². The van der Waals surface area contributed by atoms with Crippen LogP contribution >= 0.6 is 0 Å². The molecule has 0 unspecified atom stereocenters. The molecule has 3 nitrogen and oxygen atoms in total. The highest BCUT2D eigenvalue weighted by molar-refractivity contribution is 5.41. The summed E-state index contributed by atoms with van der Waals surface area (Å²) in [5.41, 5.74) is 7.69. The molecular formula is C17H20N2O. The van der Waals surface area contributed by atoms with E-state index in [0.29, 0.717) is 6.54 Å². The van der Waals surface area contributed by atoms with Crippen molar-refractivity contribution in [2.75, 3.05) is 13.6 Å². The van der Waals surface area contributed by atoms with E-state index < -0.39 is 0 Å². The van der Waals surface area contributed by atoms with Gasteiger partial charge in [0.15, 0.2) is 0 Å². The maximum Gasteiger partial charge on any atom is 0.118 e. The van der Waals surface area contributed by atoms with E-state index in [1.54, 1.807) is 0 Å². The van der Waals surface area contributed by atoms with Crippen molar-refractivity contribution in [2.24, 2.45) is 5.73 Å². The van der Waals surface area contributed by atoms with Crippen LogP contribution in [-0.4, -0.2) is 18.5 Å². The van der Waals surface area contributed by atoms with Crippen LogP contribution in [0.1, 0.15) is 22.6 Å². The molecule has 3 heteroatoms. The number of furan rings is 1. The predicted molar refractivity (Wildman–Crippen MR) is 81.0 cm³/mol. The standard InChI is InChI=1S/C17H20N2O/c1-14-9-10-17(20-14)13-19(2)12-16-7-4-3-6-15(16)8-5-11-18/h3-4,6-7,9-10H,11-13,18H2,1-2H3. The summed E-state index contributed by atoms with van der Waals surface area (Å²) < 4.78 is 5.60. The average molecular weight is 268 g/mol. The molecule has 20 heavy (non-hydrogen) atoms. The summed E-state index contributed by atoms with van der Waals surface area (Å²) in [5.74, 6) is 7.96. The Morgan fingerprint density at radius 2 is 1.95 bits per heavy atom. The minimum absolute atomic E-state index is 0.385. The molecule has 0 aliphatic heterocycles. The van der Waals surface area contributed by atoms with E-state index >= 15 is 0 Å². The Balaban J connectivity index is 2.05. The SMILES string of the molecule is Cc1ccc(CN(C)Cc2ccccc2C#CCN)o1. The van der Waals surface area contributed by atoms with Gasteiger partial charge in [0.1, 0.15) is 11.5 Å². The normalized spacial score (nSPS) is 10.4. The first-order valence-electron chi connectivity index (χ1n) is 6.69. The molecule has 1 aromatic heterocycles. The Kier molecular flexibility index (Phi) is 5.00. The van der Waals surface area contributed by atoms with E-state index in [2.05, 4.69) is 29.9 Å². The molecule has 2 rings (SSSR count). The van der Waals surface area contributed by atoms with Gasteiger partial charge in [0.2, 0.25) is 0 Å². The van der Waals surface area contributed by atoms with Gasteiger partial charge in [-0.25, -0.2) is 0 Å². The van der Waals surface area contributed by atoms with Gasteiger partial charge in [-0.2, -0.15) is 0 Å². The van der Waals surface area contributed by atoms with Crippen LogP contribution in [-0.2, 0) is 13.1 Å². The number of nitrogens with zero attached hydrogens (tertiary/aromatic N) is 1. The quantitative estimate of drug-likeness (QED) is 0.866. The van der Waals surface area contributed by atoms with Crippen molar-refractivity contribution in [3.63, 3.8) is 0 Å². The monoisotopic (exact) mass is 268 g/mol. The van der Waals surface area contributed by atoms with Crippen LogP contribution in [0.25, 0.3) is 0 Å². The molecule has 0 radical (unpaired) electrons. The summed E-state index contributed by atoms with van der Waals surface area (Å²) >= 11 is 0. The van der Waals surface area contributed by atoms with Crippen molar-refractivity contribution in [2.45, 2.75) is 20.0 Å². The zero-order valence-electron chi connectivity index (χ0n) is 12.0. The van der Waals surface area contributed by atoms with Gasteiger partial charge in [-0.3, -0.25) is 4.90 Å². The molecule has 0 saturated heterocycles. The molecule has 104 valence electrons. The molecule has 2 N–H and O–H groups in total. The van der Waals surface area contributed by atoms with Crippen LogP contribution in [0.2, 0.25) is 0 Å². The second-order valence-electron chi connectivity index (χ2n) is 4.85. The van der Waals surface area contributed by atoms with Crippen LogP contribution in [0.5, 0.6) is 0 Å². The predicted octanol–water partition coefficient (Wildman–Crippen LogP) is 2.53. The van der Waals surface area contributed by atoms with Crippen LogP contribution in [0.15, 0.2) is 40.8 Å². The molecule has 0 spiro atoms. The van der Waals surface area contributed by atoms with Crippen LogP contribution < -0.4 is 5.73 Å². The molecule has 0 aliphatic carbocycles. The Bertz CT molecular complexity index is 619. The lowest BCUT2D eigenvalue weighted by molar-refractivity contribution is 0.285. The van der Waals surface area contributed by atoms with Crippen LogP contribution in [0.3, 0.4) is 0 Å². The van der Waals surface area contributed by atoms with E-state index in [9.17, 15) is 0 Å². The molecule has 0 bridgehead atoms. The molecular weight excluding hydrogens is 248 g/mol. The summed E-state index contributed by atoms with van der Waals surface area (Å²) in [6, 6.07) is 12.2. The second-order valence-corrected chi connectivity index (χ2v) is 4.85. The minimum atomic E-state index is 0.385. The van der Waals surface area contributed by atoms with E-state index in [0.717, 1.165) is 30.2 Å². The Hall–Kier alpha value is -2.02. The molecule has 0 atom stereocenters. The topological polar surface area (TPSA) is 42.4 Å². The van der Waals surface area contributed by atoms with E-state index in [-0.39, 0.29) is 0 Å². The van der Waals surface area contributed by atoms with Crippen molar-refractivity contribution in [1.82, 2.24) is 4.90 Å². The van der Waals surface area contributed by atoms with E-state index in [4.69, 9.17) is 10.2 Å². The van der Waals surface area contributed by atoms with Gasteiger partial charge >= 0.3 is 0 Å². The maximum absolute atomic E-state index is 5.60. The minimum Gasteiger partial charge on any atom is -0.465 e. The lowest BCUT2D eigenvalue weighted by atomic mass is 10.1. The van der Waals surface area contributed by atoms with Crippen LogP contribution in [0.4, 0.5) is 0 Å². The summed E-state index contributed by atoms with van der Waals surface area (Å²) in [5, 5.41) is 0. The Morgan fingerprint density at radius 3 is 2.65 bits per heavy atom. The Labute approximate surface area is 120 Å². The lowest BCUT2D eigenvalue weighted by Gasteiger charge is -2.16. The summed E-state index contributed by atoms with van der Waals surface area (Å²) in [7, 11) is 2.07. The third-order valence-electron chi connectivity index (χ3n) is 3.00. The number of rotatable bonds is 4. The third kappa shape index (κ3) is 3.99. The fourth-order valence-electron chi connectivity index (χ4n) is 2.11. The summed E-state index contributed by atoms with van der Waals surface area (Å²) in [6.07, 6.45) is 0. The van der Waals surface area contributed by atoms with Crippen molar-refractivity contribution < 1.29 is 4.42 Å². The summed E-state index contributed by atoms with van der Waals surface area (Å²) in [4.78, 5) is 2.21. The first-order valence-corrected chi connectivity index (χ1v) is 6.69. The van der Waals surface area contributed by atoms with E-state index in [1.165, 1.54) is 5.56 Å². The van der Waals surface area contributed by atoms with Crippen molar-refractivity contribution in [3.8, 4) is 11.8 Å². The van der Waals surface area contributed by atoms with Crippen molar-refractivity contribution >= 4 is 0 Å². The fraction of sp³-hybridized carbons (Fsp3) is 0.294. The van der Waals surface area contributed by atoms with E-state index in [1.807, 2.05) is 37.3 Å². The lowest BCUT2D eigenvalue weighted by Crippen LogP contribution is -2.17. The number of aryl methyl sites for hydroxylation is 1. The molecule has 2 aromatic rings. The Morgan fingerprint density at radius 1 is 1.15 bits per heavy atom. The third-order valence-corrected chi connectivity index (χ3v) is 3.00. The number of nitrogens with two attached hydrogens (primary N) is 1. The smallest absolute Gasteiger partial charge is 0.118 e. The van der Waals surface area contributed by atoms with Gasteiger partial charge in [0, 0.05) is 12.1 Å². The highest BCUT2D eigenvalue weighted by Gasteiger charge is 2.07. The van der Waals surface area contributed by atoms with Gasteiger partial charge in [-0.05, 0) is 37.7 Å². The first-order chi connectivity index (χ1) is 9.69. The van der Waals surface area contributed by atoms with Crippen LogP contribution in [0, 0.1) is 18.8 Å². The zero-order valence-corrected chi connectivity index (χ0v) is 12.0. The number of hydrogen-bond acceptors (Lipinski definition) is 3. The second kappa shape index (κ2) is 6.95. The summed E-state index contributed by atoms with van der Waals surface area (Å²) in [6.45, 7) is 3.96. The molecule has 0 fully saturated rings. The molecule has 0 amide bonds. The largest absolute Gasteiger partial charge is 0.465 e. The highest BCUT2D eigenvalue weighted by Crippen LogP contribution is 2.13. The molecule has 0 aliphatic rings. The van der Waals surface area contributed by atoms with Gasteiger partial charge < -0.3 is 10.2 Å². The van der Waals surface area contributed by atoms with Gasteiger partial charge in [0.25, 0.3) is 0 Å². The fourth-order valence-corrected chi connectivity index (χ4v) is 2.11. The highest BCUT2D eigenvalue weighted by atomic mass is 16.3. The molecule has 1 aromatic carbocycles. The first kappa shape index (κ1) is 14.4. The number of benzene rings is 1. The maximum atomic E-state index is 5.60. The van der Waals surface area contributed by atoms with Gasteiger partial charge in [-0.15, -0.1) is 0 Å². The van der Waals surface area contributed by atoms with Gasteiger partial charge in [0.05, 0.1) is 13.1 Å². The molecule has 0 saturated carbocycles. The molecule has 1 heterocycles. The van der Waals surface area contributed by atoms with Gasteiger partial charge in [-0.1, -0.05) is 30.0 Å². The van der Waals surface area contributed by atoms with Crippen molar-refractivity contribution in [3.05, 3.63) is 59.0 Å². The number of hydrogen-bond donors (Lipinski definition) is 1. The average Bonchev–Trinajstić information content (AvgIpc) is 2.83.